The van der Waals surface area contributed by atoms with Gasteiger partial charge in [-0.3, -0.25) is 10.2 Å². The number of nitrogens with one attached hydrogen (secondary N) is 1. The highest BCUT2D eigenvalue weighted by Gasteiger charge is 2.21. The zero-order chi connectivity index (χ0) is 13.1. The number of benzene rings is 1. The van der Waals surface area contributed by atoms with E-state index in [0.717, 1.165) is 18.4 Å². The second kappa shape index (κ2) is 5.19. The van der Waals surface area contributed by atoms with Gasteiger partial charge in [0.1, 0.15) is 5.75 Å². The number of nitrogen functional groups attached to an aromatic ring is 1. The van der Waals surface area contributed by atoms with Crippen molar-refractivity contribution in [3.8, 4) is 5.75 Å². The van der Waals surface area contributed by atoms with Crippen molar-refractivity contribution in [1.29, 1.82) is 0 Å². The number of aromatic hydroxyl groups is 1. The van der Waals surface area contributed by atoms with E-state index in [4.69, 9.17) is 5.84 Å². The van der Waals surface area contributed by atoms with Crippen LogP contribution in [-0.4, -0.2) is 11.0 Å². The summed E-state index contributed by atoms with van der Waals surface area (Å²) in [7, 11) is 0. The molecule has 0 saturated heterocycles. The number of amides is 1. The molecule has 1 aromatic carbocycles. The maximum absolute atomic E-state index is 11.5. The van der Waals surface area contributed by atoms with Crippen LogP contribution in [0, 0.1) is 0 Å². The van der Waals surface area contributed by atoms with Gasteiger partial charge in [-0.2, -0.15) is 0 Å². The molecule has 4 N–H and O–H groups in total. The monoisotopic (exact) mass is 236 g/mol. The highest BCUT2D eigenvalue weighted by Crippen LogP contribution is 2.31. The third kappa shape index (κ3) is 2.97. The van der Waals surface area contributed by atoms with Gasteiger partial charge in [-0.1, -0.05) is 33.3 Å². The topological polar surface area (TPSA) is 75.3 Å². The van der Waals surface area contributed by atoms with Crippen LogP contribution in [-0.2, 0) is 5.41 Å². The molecule has 0 bridgehead atoms. The Kier molecular flexibility index (Phi) is 4.12. The number of hydrogen-bond acceptors (Lipinski definition) is 3. The minimum absolute atomic E-state index is 0.0217. The zero-order valence-corrected chi connectivity index (χ0v) is 10.6. The van der Waals surface area contributed by atoms with Crippen molar-refractivity contribution >= 4 is 5.91 Å². The fraction of sp³-hybridized carbons (Fsp3) is 0.462. The largest absolute Gasteiger partial charge is 0.507 e. The van der Waals surface area contributed by atoms with Crippen molar-refractivity contribution in [3.05, 3.63) is 29.3 Å². The number of phenols is 1. The van der Waals surface area contributed by atoms with Crippen LogP contribution in [0.5, 0.6) is 5.75 Å². The lowest BCUT2D eigenvalue weighted by Crippen LogP contribution is -2.30. The van der Waals surface area contributed by atoms with Crippen molar-refractivity contribution < 1.29 is 9.90 Å². The molecule has 0 aromatic heterocycles. The Morgan fingerprint density at radius 3 is 2.65 bits per heavy atom. The lowest BCUT2D eigenvalue weighted by atomic mass is 9.80. The van der Waals surface area contributed by atoms with E-state index in [1.165, 1.54) is 6.07 Å². The van der Waals surface area contributed by atoms with Crippen LogP contribution in [0.15, 0.2) is 18.2 Å². The van der Waals surface area contributed by atoms with Crippen molar-refractivity contribution in [3.63, 3.8) is 0 Å². The van der Waals surface area contributed by atoms with Gasteiger partial charge in [-0.05, 0) is 29.5 Å². The van der Waals surface area contributed by atoms with Gasteiger partial charge < -0.3 is 5.11 Å². The van der Waals surface area contributed by atoms with Gasteiger partial charge in [-0.25, -0.2) is 5.84 Å². The molecule has 0 aliphatic rings. The summed E-state index contributed by atoms with van der Waals surface area (Å²) >= 11 is 0. The third-order valence-electron chi connectivity index (χ3n) is 3.03. The standard InChI is InChI=1S/C13H20N2O2/c1-4-7-13(2,3)9-5-6-11(16)10(8-9)12(17)15-14/h5-6,8,16H,4,7,14H2,1-3H3,(H,15,17). The molecule has 0 aliphatic carbocycles. The molecule has 0 heterocycles. The second-order valence-electron chi connectivity index (χ2n) is 4.84. The number of nitrogens with two attached hydrogens (primary N) is 1. The number of hydrogen-bond donors (Lipinski definition) is 3. The summed E-state index contributed by atoms with van der Waals surface area (Å²) in [4.78, 5) is 11.5. The first-order valence-corrected chi connectivity index (χ1v) is 5.77. The molecular formula is C13H20N2O2. The molecule has 4 nitrogen and oxygen atoms in total. The van der Waals surface area contributed by atoms with Gasteiger partial charge >= 0.3 is 0 Å². The Morgan fingerprint density at radius 1 is 1.47 bits per heavy atom. The Labute approximate surface area is 102 Å². The van der Waals surface area contributed by atoms with Crippen LogP contribution >= 0.6 is 0 Å². The molecule has 17 heavy (non-hydrogen) atoms. The highest BCUT2D eigenvalue weighted by atomic mass is 16.3. The predicted molar refractivity (Wildman–Crippen MR) is 67.7 cm³/mol. The van der Waals surface area contributed by atoms with E-state index in [-0.39, 0.29) is 16.7 Å². The van der Waals surface area contributed by atoms with Crippen LogP contribution in [0.25, 0.3) is 0 Å². The zero-order valence-electron chi connectivity index (χ0n) is 10.6. The summed E-state index contributed by atoms with van der Waals surface area (Å²) in [6.45, 7) is 6.36. The lowest BCUT2D eigenvalue weighted by Gasteiger charge is -2.25. The maximum atomic E-state index is 11.5. The number of hydrazine groups is 1. The minimum atomic E-state index is -0.475. The summed E-state index contributed by atoms with van der Waals surface area (Å²) in [6.07, 6.45) is 2.08. The molecule has 1 aromatic rings. The average molecular weight is 236 g/mol. The summed E-state index contributed by atoms with van der Waals surface area (Å²) in [5.74, 6) is 4.55. The Balaban J connectivity index is 3.16. The van der Waals surface area contributed by atoms with Crippen LogP contribution in [0.4, 0.5) is 0 Å². The maximum Gasteiger partial charge on any atom is 0.268 e. The van der Waals surface area contributed by atoms with E-state index in [2.05, 4.69) is 20.8 Å². The fourth-order valence-corrected chi connectivity index (χ4v) is 1.99. The van der Waals surface area contributed by atoms with Gasteiger partial charge in [0.05, 0.1) is 5.56 Å². The molecule has 0 aliphatic heterocycles. The van der Waals surface area contributed by atoms with Gasteiger partial charge in [0.25, 0.3) is 5.91 Å². The van der Waals surface area contributed by atoms with Crippen molar-refractivity contribution in [1.82, 2.24) is 5.43 Å². The number of rotatable bonds is 4. The Hall–Kier alpha value is -1.55. The van der Waals surface area contributed by atoms with E-state index in [1.807, 2.05) is 11.5 Å². The molecule has 0 fully saturated rings. The lowest BCUT2D eigenvalue weighted by molar-refractivity contribution is 0.0951. The molecule has 1 rings (SSSR count). The normalized spacial score (nSPS) is 11.3. The summed E-state index contributed by atoms with van der Waals surface area (Å²) in [5, 5.41) is 9.62. The molecule has 4 heteroatoms. The van der Waals surface area contributed by atoms with Crippen LogP contribution in [0.3, 0.4) is 0 Å². The van der Waals surface area contributed by atoms with E-state index in [0.29, 0.717) is 0 Å². The Bertz CT molecular complexity index is 414. The summed E-state index contributed by atoms with van der Waals surface area (Å²) < 4.78 is 0. The van der Waals surface area contributed by atoms with E-state index in [9.17, 15) is 9.90 Å². The molecule has 0 unspecified atom stereocenters. The SMILES string of the molecule is CCCC(C)(C)c1ccc(O)c(C(=O)NN)c1. The Morgan fingerprint density at radius 2 is 2.12 bits per heavy atom. The first kappa shape index (κ1) is 13.5. The fourth-order valence-electron chi connectivity index (χ4n) is 1.99. The van der Waals surface area contributed by atoms with Crippen molar-refractivity contribution in [2.24, 2.45) is 5.84 Å². The van der Waals surface area contributed by atoms with Gasteiger partial charge in [0.15, 0.2) is 0 Å². The van der Waals surface area contributed by atoms with Gasteiger partial charge in [0.2, 0.25) is 0 Å². The first-order valence-electron chi connectivity index (χ1n) is 5.77. The predicted octanol–water partition coefficient (Wildman–Crippen LogP) is 2.07. The molecule has 94 valence electrons. The average Bonchev–Trinajstić information content (AvgIpc) is 2.28. The van der Waals surface area contributed by atoms with E-state index >= 15 is 0 Å². The third-order valence-corrected chi connectivity index (χ3v) is 3.03. The van der Waals surface area contributed by atoms with Crippen LogP contribution in [0.1, 0.15) is 49.5 Å². The quantitative estimate of drug-likeness (QED) is 0.425. The summed E-state index contributed by atoms with van der Waals surface area (Å²) in [6, 6.07) is 5.09. The second-order valence-corrected chi connectivity index (χ2v) is 4.84. The van der Waals surface area contributed by atoms with Crippen LogP contribution < -0.4 is 11.3 Å². The first-order chi connectivity index (χ1) is 7.92. The molecule has 0 saturated carbocycles. The number of carbonyl (C=O) groups is 1. The number of phenolic OH excluding ortho intramolecular Hbond substituents is 1. The van der Waals surface area contributed by atoms with Crippen molar-refractivity contribution in [2.45, 2.75) is 39.0 Å². The summed E-state index contributed by atoms with van der Waals surface area (Å²) in [5.41, 5.74) is 3.25. The molecule has 1 amide bonds. The van der Waals surface area contributed by atoms with Crippen molar-refractivity contribution in [2.75, 3.05) is 0 Å². The van der Waals surface area contributed by atoms with Gasteiger partial charge in [0, 0.05) is 0 Å². The van der Waals surface area contributed by atoms with Gasteiger partial charge in [-0.15, -0.1) is 0 Å². The highest BCUT2D eigenvalue weighted by molar-refractivity contribution is 5.96. The smallest absolute Gasteiger partial charge is 0.268 e. The molecule has 0 spiro atoms. The van der Waals surface area contributed by atoms with Crippen LogP contribution in [0.2, 0.25) is 0 Å². The molecule has 0 atom stereocenters. The minimum Gasteiger partial charge on any atom is -0.507 e. The number of carbonyl (C=O) groups excluding carboxylic acids is 1. The van der Waals surface area contributed by atoms with E-state index < -0.39 is 5.91 Å². The van der Waals surface area contributed by atoms with E-state index in [1.54, 1.807) is 6.07 Å². The molecular weight excluding hydrogens is 216 g/mol. The molecule has 0 radical (unpaired) electrons.